The Kier molecular flexibility index (Phi) is 3.34. The number of ether oxygens (including phenoxy) is 1. The largest absolute Gasteiger partial charge is 0.429 e. The van der Waals surface area contributed by atoms with Gasteiger partial charge in [-0.15, -0.1) is 5.10 Å². The Labute approximate surface area is 109 Å². The maximum absolute atomic E-state index is 10.7. The molecule has 88 valence electrons. The summed E-state index contributed by atoms with van der Waals surface area (Å²) >= 11 is 4.37. The van der Waals surface area contributed by atoms with Crippen molar-refractivity contribution in [2.75, 3.05) is 0 Å². The van der Waals surface area contributed by atoms with Crippen molar-refractivity contribution in [2.24, 2.45) is 0 Å². The van der Waals surface area contributed by atoms with Gasteiger partial charge in [0.15, 0.2) is 3.92 Å². The second-order valence-corrected chi connectivity index (χ2v) is 5.30. The summed E-state index contributed by atoms with van der Waals surface area (Å²) in [4.78, 5) is 10.3. The third kappa shape index (κ3) is 2.59. The lowest BCUT2D eigenvalue weighted by atomic mass is 10.2. The molecule has 2 rings (SSSR count). The van der Waals surface area contributed by atoms with Crippen LogP contribution in [-0.4, -0.2) is 15.1 Å². The fourth-order valence-electron chi connectivity index (χ4n) is 1.24. The summed E-state index contributed by atoms with van der Waals surface area (Å²) in [6.45, 7) is 1.63. The van der Waals surface area contributed by atoms with E-state index in [9.17, 15) is 10.1 Å². The summed E-state index contributed by atoms with van der Waals surface area (Å²) < 4.78 is 6.02. The van der Waals surface area contributed by atoms with Gasteiger partial charge in [0.2, 0.25) is 0 Å². The predicted octanol–water partition coefficient (Wildman–Crippen LogP) is 3.31. The summed E-state index contributed by atoms with van der Waals surface area (Å²) in [5, 5.41) is 18.6. The molecule has 2 aromatic rings. The summed E-state index contributed by atoms with van der Waals surface area (Å²) in [6, 6.07) is 4.65. The number of hydrogen-bond acceptors (Lipinski definition) is 6. The lowest BCUT2D eigenvalue weighted by molar-refractivity contribution is -0.385. The third-order valence-electron chi connectivity index (χ3n) is 2.03. The van der Waals surface area contributed by atoms with E-state index in [0.717, 1.165) is 0 Å². The highest BCUT2D eigenvalue weighted by molar-refractivity contribution is 9.11. The van der Waals surface area contributed by atoms with Gasteiger partial charge in [-0.2, -0.15) is 0 Å². The molecule has 0 atom stereocenters. The monoisotopic (exact) mass is 315 g/mol. The van der Waals surface area contributed by atoms with Gasteiger partial charge in [-0.05, 0) is 40.3 Å². The minimum absolute atomic E-state index is 0.0195. The van der Waals surface area contributed by atoms with E-state index in [1.165, 1.54) is 17.4 Å². The Morgan fingerprint density at radius 3 is 2.82 bits per heavy atom. The van der Waals surface area contributed by atoms with Gasteiger partial charge < -0.3 is 4.74 Å². The van der Waals surface area contributed by atoms with Crippen LogP contribution in [0.4, 0.5) is 5.69 Å². The summed E-state index contributed by atoms with van der Waals surface area (Å²) in [6.07, 6.45) is 0. The van der Waals surface area contributed by atoms with Crippen molar-refractivity contribution in [1.82, 2.24) is 10.2 Å². The number of nitro groups is 1. The van der Waals surface area contributed by atoms with Gasteiger partial charge in [0.1, 0.15) is 5.75 Å². The molecule has 0 unspecified atom stereocenters. The Balaban J connectivity index is 2.33. The van der Waals surface area contributed by atoms with Crippen molar-refractivity contribution >= 4 is 33.0 Å². The summed E-state index contributed by atoms with van der Waals surface area (Å²) in [7, 11) is 0. The van der Waals surface area contributed by atoms with E-state index in [0.29, 0.717) is 20.4 Å². The van der Waals surface area contributed by atoms with Gasteiger partial charge in [0.05, 0.1) is 10.5 Å². The average molecular weight is 316 g/mol. The van der Waals surface area contributed by atoms with Gasteiger partial charge in [-0.25, -0.2) is 0 Å². The Hall–Kier alpha value is -1.54. The molecule has 0 saturated heterocycles. The molecule has 6 nitrogen and oxygen atoms in total. The number of nitro benzene ring substituents is 1. The lowest BCUT2D eigenvalue weighted by Crippen LogP contribution is -1.94. The molecule has 0 fully saturated rings. The fourth-order valence-corrected chi connectivity index (χ4v) is 2.17. The minimum Gasteiger partial charge on any atom is -0.429 e. The molecule has 0 N–H and O–H groups in total. The molecule has 0 radical (unpaired) electrons. The van der Waals surface area contributed by atoms with Crippen LogP contribution in [0.3, 0.4) is 0 Å². The molecule has 0 aliphatic heterocycles. The molecule has 0 amide bonds. The highest BCUT2D eigenvalue weighted by atomic mass is 79.9. The summed E-state index contributed by atoms with van der Waals surface area (Å²) in [5.41, 5.74) is 0.481. The standard InChI is InChI=1S/C9H6BrN3O3S/c1-5-6(13(14)15)3-2-4-7(5)16-9-12-11-8(10)17-9/h2-4H,1H3. The van der Waals surface area contributed by atoms with Gasteiger partial charge in [0, 0.05) is 6.07 Å². The maximum Gasteiger partial charge on any atom is 0.300 e. The highest BCUT2D eigenvalue weighted by Gasteiger charge is 2.15. The van der Waals surface area contributed by atoms with Crippen molar-refractivity contribution in [3.63, 3.8) is 0 Å². The molecule has 1 heterocycles. The normalized spacial score (nSPS) is 10.2. The van der Waals surface area contributed by atoms with Crippen LogP contribution < -0.4 is 4.74 Å². The number of nitrogens with zero attached hydrogens (tertiary/aromatic N) is 3. The highest BCUT2D eigenvalue weighted by Crippen LogP contribution is 2.33. The first kappa shape index (κ1) is 11.9. The smallest absolute Gasteiger partial charge is 0.300 e. The third-order valence-corrected chi connectivity index (χ3v) is 3.27. The van der Waals surface area contributed by atoms with Crippen LogP contribution in [0.5, 0.6) is 10.9 Å². The van der Waals surface area contributed by atoms with E-state index in [1.807, 2.05) is 0 Å². The van der Waals surface area contributed by atoms with Crippen LogP contribution in [0.1, 0.15) is 5.56 Å². The lowest BCUT2D eigenvalue weighted by Gasteiger charge is -2.04. The molecular weight excluding hydrogens is 310 g/mol. The van der Waals surface area contributed by atoms with Crippen molar-refractivity contribution in [3.8, 4) is 10.9 Å². The second kappa shape index (κ2) is 4.76. The van der Waals surface area contributed by atoms with Gasteiger partial charge in [-0.1, -0.05) is 11.2 Å². The SMILES string of the molecule is Cc1c(Oc2nnc(Br)s2)cccc1[N+](=O)[O-]. The molecule has 0 aliphatic rings. The number of rotatable bonds is 3. The average Bonchev–Trinajstić information content (AvgIpc) is 2.67. The molecule has 17 heavy (non-hydrogen) atoms. The fraction of sp³-hybridized carbons (Fsp3) is 0.111. The van der Waals surface area contributed by atoms with E-state index in [1.54, 1.807) is 19.1 Å². The zero-order chi connectivity index (χ0) is 12.4. The zero-order valence-electron chi connectivity index (χ0n) is 8.58. The topological polar surface area (TPSA) is 78.2 Å². The Morgan fingerprint density at radius 1 is 1.47 bits per heavy atom. The van der Waals surface area contributed by atoms with Crippen molar-refractivity contribution in [3.05, 3.63) is 37.8 Å². The van der Waals surface area contributed by atoms with Crippen LogP contribution in [0, 0.1) is 17.0 Å². The van der Waals surface area contributed by atoms with Crippen LogP contribution in [-0.2, 0) is 0 Å². The van der Waals surface area contributed by atoms with E-state index in [-0.39, 0.29) is 5.69 Å². The molecule has 0 spiro atoms. The zero-order valence-corrected chi connectivity index (χ0v) is 11.0. The number of aromatic nitrogens is 2. The van der Waals surface area contributed by atoms with Crippen LogP contribution in [0.25, 0.3) is 0 Å². The quantitative estimate of drug-likeness (QED) is 0.641. The Morgan fingerprint density at radius 2 is 2.24 bits per heavy atom. The summed E-state index contributed by atoms with van der Waals surface area (Å²) in [5.74, 6) is 0.405. The van der Waals surface area contributed by atoms with Crippen LogP contribution >= 0.6 is 27.3 Å². The first-order chi connectivity index (χ1) is 8.08. The Bertz CT molecular complexity index is 572. The molecule has 0 aliphatic carbocycles. The molecule has 1 aromatic heterocycles. The van der Waals surface area contributed by atoms with E-state index in [2.05, 4.69) is 26.1 Å². The van der Waals surface area contributed by atoms with E-state index < -0.39 is 4.92 Å². The van der Waals surface area contributed by atoms with Gasteiger partial charge in [-0.3, -0.25) is 10.1 Å². The maximum atomic E-state index is 10.7. The molecule has 0 saturated carbocycles. The van der Waals surface area contributed by atoms with E-state index >= 15 is 0 Å². The van der Waals surface area contributed by atoms with Crippen molar-refractivity contribution in [2.45, 2.75) is 6.92 Å². The minimum atomic E-state index is -0.446. The van der Waals surface area contributed by atoms with E-state index in [4.69, 9.17) is 4.74 Å². The van der Waals surface area contributed by atoms with Crippen LogP contribution in [0.15, 0.2) is 22.1 Å². The molecule has 8 heteroatoms. The first-order valence-corrected chi connectivity index (χ1v) is 6.09. The van der Waals surface area contributed by atoms with Gasteiger partial charge >= 0.3 is 0 Å². The number of hydrogen-bond donors (Lipinski definition) is 0. The second-order valence-electron chi connectivity index (χ2n) is 3.08. The predicted molar refractivity (Wildman–Crippen MR) is 65.5 cm³/mol. The van der Waals surface area contributed by atoms with Crippen molar-refractivity contribution in [1.29, 1.82) is 0 Å². The number of benzene rings is 1. The molecule has 1 aromatic carbocycles. The number of halogens is 1. The molecule has 0 bridgehead atoms. The first-order valence-electron chi connectivity index (χ1n) is 4.49. The van der Waals surface area contributed by atoms with Crippen molar-refractivity contribution < 1.29 is 9.66 Å². The molecular formula is C9H6BrN3O3S. The van der Waals surface area contributed by atoms with Crippen LogP contribution in [0.2, 0.25) is 0 Å². The van der Waals surface area contributed by atoms with Gasteiger partial charge in [0.25, 0.3) is 10.9 Å².